The summed E-state index contributed by atoms with van der Waals surface area (Å²) in [5.74, 6) is 0.758. The lowest BCUT2D eigenvalue weighted by Gasteiger charge is -2.10. The van der Waals surface area contributed by atoms with E-state index in [1.165, 1.54) is 0 Å². The molecule has 0 bridgehead atoms. The van der Waals surface area contributed by atoms with Crippen LogP contribution in [0.15, 0.2) is 54.6 Å². The maximum absolute atomic E-state index is 5.67. The first-order valence-corrected chi connectivity index (χ1v) is 5.12. The lowest BCUT2D eigenvalue weighted by Crippen LogP contribution is -1.97. The van der Waals surface area contributed by atoms with Gasteiger partial charge in [0.25, 0.3) is 0 Å². The Balaban J connectivity index is 2.05. The summed E-state index contributed by atoms with van der Waals surface area (Å²) in [5, 5.41) is 2.61. The number of rotatable bonds is 4. The van der Waals surface area contributed by atoms with Crippen LogP contribution in [0, 0.1) is 7.05 Å². The topological polar surface area (TPSA) is 21.3 Å². The van der Waals surface area contributed by atoms with Crippen molar-refractivity contribution in [1.82, 2.24) is 0 Å². The monoisotopic (exact) mass is 211 g/mol. The Morgan fingerprint density at radius 3 is 2.38 bits per heavy atom. The summed E-state index contributed by atoms with van der Waals surface area (Å²) in [5.41, 5.74) is 1.92. The van der Waals surface area contributed by atoms with Crippen LogP contribution in [0.25, 0.3) is 0 Å². The zero-order chi connectivity index (χ0) is 11.2. The van der Waals surface area contributed by atoms with E-state index >= 15 is 0 Å². The summed E-state index contributed by atoms with van der Waals surface area (Å²) >= 11 is 0. The molecular weight excluding hydrogens is 198 g/mol. The van der Waals surface area contributed by atoms with Crippen molar-refractivity contribution in [3.63, 3.8) is 0 Å². The molecule has 2 nitrogen and oxygen atoms in total. The van der Waals surface area contributed by atoms with Crippen molar-refractivity contribution >= 4 is 5.69 Å². The van der Waals surface area contributed by atoms with Gasteiger partial charge in [0.05, 0.1) is 12.7 Å². The molecule has 2 rings (SSSR count). The van der Waals surface area contributed by atoms with E-state index in [4.69, 9.17) is 11.8 Å². The van der Waals surface area contributed by atoms with E-state index in [1.807, 2.05) is 54.6 Å². The molecule has 0 amide bonds. The molecule has 0 saturated carbocycles. The number of hydrogen-bond donors (Lipinski definition) is 1. The first-order valence-electron chi connectivity index (χ1n) is 5.12. The number of benzene rings is 2. The maximum atomic E-state index is 5.67. The number of ether oxygens (including phenoxy) is 1. The van der Waals surface area contributed by atoms with Crippen LogP contribution in [0.4, 0.5) is 5.69 Å². The molecule has 80 valence electrons. The van der Waals surface area contributed by atoms with Gasteiger partial charge in [-0.05, 0) is 17.7 Å². The first kappa shape index (κ1) is 10.6. The summed E-state index contributed by atoms with van der Waals surface area (Å²) in [4.78, 5) is 0. The van der Waals surface area contributed by atoms with Crippen LogP contribution in [0.5, 0.6) is 5.75 Å². The van der Waals surface area contributed by atoms with E-state index in [0.29, 0.717) is 6.61 Å². The zero-order valence-corrected chi connectivity index (χ0v) is 8.89. The normalized spacial score (nSPS) is 9.81. The van der Waals surface area contributed by atoms with Gasteiger partial charge in [0, 0.05) is 0 Å². The molecule has 2 radical (unpaired) electrons. The van der Waals surface area contributed by atoms with Gasteiger partial charge >= 0.3 is 0 Å². The second-order valence-corrected chi connectivity index (χ2v) is 3.41. The Morgan fingerprint density at radius 2 is 1.62 bits per heavy atom. The summed E-state index contributed by atoms with van der Waals surface area (Å²) in [6.45, 7) is 0.541. The Hall–Kier alpha value is -1.96. The van der Waals surface area contributed by atoms with Gasteiger partial charge in [0.2, 0.25) is 0 Å². The zero-order valence-electron chi connectivity index (χ0n) is 8.89. The maximum Gasteiger partial charge on any atom is 0.142 e. The van der Waals surface area contributed by atoms with Crippen LogP contribution < -0.4 is 10.1 Å². The van der Waals surface area contributed by atoms with Gasteiger partial charge < -0.3 is 10.1 Å². The molecular formula is C14H13NO. The van der Waals surface area contributed by atoms with Gasteiger partial charge in [-0.2, -0.15) is 0 Å². The summed E-state index contributed by atoms with van der Waals surface area (Å²) in [7, 11) is 5.39. The van der Waals surface area contributed by atoms with E-state index in [2.05, 4.69) is 5.32 Å². The van der Waals surface area contributed by atoms with Crippen molar-refractivity contribution in [1.29, 1.82) is 0 Å². The van der Waals surface area contributed by atoms with Gasteiger partial charge in [-0.1, -0.05) is 42.5 Å². The number of hydrogen-bond acceptors (Lipinski definition) is 2. The molecule has 0 saturated heterocycles. The SMILES string of the molecule is [CH]Nc1ccccc1OCc1ccccc1. The van der Waals surface area contributed by atoms with E-state index < -0.39 is 0 Å². The van der Waals surface area contributed by atoms with Gasteiger partial charge in [0.1, 0.15) is 12.4 Å². The Morgan fingerprint density at radius 1 is 0.938 bits per heavy atom. The minimum absolute atomic E-state index is 0.541. The van der Waals surface area contributed by atoms with Gasteiger partial charge in [-0.25, -0.2) is 0 Å². The molecule has 1 N–H and O–H groups in total. The van der Waals surface area contributed by atoms with E-state index in [1.54, 1.807) is 0 Å². The van der Waals surface area contributed by atoms with Gasteiger partial charge in [-0.15, -0.1) is 0 Å². The average molecular weight is 211 g/mol. The minimum Gasteiger partial charge on any atom is -0.487 e. The quantitative estimate of drug-likeness (QED) is 0.783. The smallest absolute Gasteiger partial charge is 0.142 e. The first-order chi connectivity index (χ1) is 7.90. The van der Waals surface area contributed by atoms with Crippen molar-refractivity contribution < 1.29 is 4.74 Å². The summed E-state index contributed by atoms with van der Waals surface area (Å²) < 4.78 is 5.67. The van der Waals surface area contributed by atoms with Crippen molar-refractivity contribution in [3.8, 4) is 5.75 Å². The molecule has 0 fully saturated rings. The third-order valence-electron chi connectivity index (χ3n) is 2.28. The third kappa shape index (κ3) is 2.54. The molecule has 0 aromatic heterocycles. The van der Waals surface area contributed by atoms with Crippen LogP contribution in [0.3, 0.4) is 0 Å². The highest BCUT2D eigenvalue weighted by atomic mass is 16.5. The predicted octanol–water partition coefficient (Wildman–Crippen LogP) is 3.35. The number of para-hydroxylation sites is 2. The van der Waals surface area contributed by atoms with E-state index in [0.717, 1.165) is 17.0 Å². The Labute approximate surface area is 95.9 Å². The molecule has 0 heterocycles. The molecule has 16 heavy (non-hydrogen) atoms. The fraction of sp³-hybridized carbons (Fsp3) is 0.0714. The highest BCUT2D eigenvalue weighted by Gasteiger charge is 2.00. The van der Waals surface area contributed by atoms with E-state index in [-0.39, 0.29) is 0 Å². The third-order valence-corrected chi connectivity index (χ3v) is 2.28. The lowest BCUT2D eigenvalue weighted by atomic mass is 10.2. The molecule has 2 aromatic carbocycles. The Bertz CT molecular complexity index is 439. The van der Waals surface area contributed by atoms with Crippen LogP contribution in [0.1, 0.15) is 5.56 Å². The predicted molar refractivity (Wildman–Crippen MR) is 65.1 cm³/mol. The molecule has 2 aromatic rings. The molecule has 0 aliphatic rings. The highest BCUT2D eigenvalue weighted by Crippen LogP contribution is 2.24. The van der Waals surface area contributed by atoms with Crippen LogP contribution >= 0.6 is 0 Å². The second-order valence-electron chi connectivity index (χ2n) is 3.41. The fourth-order valence-electron chi connectivity index (χ4n) is 1.45. The van der Waals surface area contributed by atoms with Gasteiger partial charge in [-0.3, -0.25) is 0 Å². The number of nitrogens with one attached hydrogen (secondary N) is 1. The molecule has 0 atom stereocenters. The lowest BCUT2D eigenvalue weighted by molar-refractivity contribution is 0.308. The van der Waals surface area contributed by atoms with Crippen molar-refractivity contribution in [2.24, 2.45) is 0 Å². The fourth-order valence-corrected chi connectivity index (χ4v) is 1.45. The van der Waals surface area contributed by atoms with Crippen LogP contribution in [0.2, 0.25) is 0 Å². The number of anilines is 1. The molecule has 0 unspecified atom stereocenters. The van der Waals surface area contributed by atoms with Gasteiger partial charge in [0.15, 0.2) is 0 Å². The minimum atomic E-state index is 0.541. The standard InChI is InChI=1S/C14H13NO/c1-15-13-9-5-6-10-14(13)16-11-12-7-3-2-4-8-12/h1-10,15H,11H2. The molecule has 0 aliphatic carbocycles. The average Bonchev–Trinajstić information content (AvgIpc) is 2.38. The summed E-state index contributed by atoms with van der Waals surface area (Å²) in [6, 6.07) is 17.6. The summed E-state index contributed by atoms with van der Waals surface area (Å²) in [6.07, 6.45) is 0. The highest BCUT2D eigenvalue weighted by molar-refractivity contribution is 5.56. The Kier molecular flexibility index (Phi) is 3.44. The van der Waals surface area contributed by atoms with Crippen molar-refractivity contribution in [2.45, 2.75) is 6.61 Å². The van der Waals surface area contributed by atoms with E-state index in [9.17, 15) is 0 Å². The molecule has 2 heteroatoms. The van der Waals surface area contributed by atoms with Crippen LogP contribution in [-0.4, -0.2) is 0 Å². The van der Waals surface area contributed by atoms with Crippen LogP contribution in [-0.2, 0) is 6.61 Å². The van der Waals surface area contributed by atoms with Crippen molar-refractivity contribution in [3.05, 3.63) is 67.2 Å². The molecule has 0 spiro atoms. The molecule has 0 aliphatic heterocycles. The van der Waals surface area contributed by atoms with Crippen molar-refractivity contribution in [2.75, 3.05) is 5.32 Å². The second kappa shape index (κ2) is 5.21. The largest absolute Gasteiger partial charge is 0.487 e.